The van der Waals surface area contributed by atoms with Crippen LogP contribution in [-0.4, -0.2) is 115 Å². The van der Waals surface area contributed by atoms with Crippen molar-refractivity contribution in [2.24, 2.45) is 0 Å². The van der Waals surface area contributed by atoms with E-state index in [9.17, 15) is 40.9 Å². The Labute approximate surface area is 232 Å². The summed E-state index contributed by atoms with van der Waals surface area (Å²) in [6.45, 7) is 2.82. The standard InChI is InChI=1S/C30H34O10/c1-15-11-17(5-9-21-25(33)29(37)27(35)23(13-31)39-21)3-7-19(15)20-8-4-18(12-16(20)2)6-10-22-26(34)30(38)28(36)24(14-32)40-22/h3-4,7-8,11-12,21-38H,13-14H2,1-2H3/t21-,22-,23-,24-,25-,26?,27-,28-,29?,30-/m1/s1. The number of benzene rings is 2. The quantitative estimate of drug-likeness (QED) is 0.205. The zero-order chi connectivity index (χ0) is 29.1. The highest BCUT2D eigenvalue weighted by Crippen LogP contribution is 2.28. The van der Waals surface area contributed by atoms with Gasteiger partial charge in [-0.3, -0.25) is 0 Å². The van der Waals surface area contributed by atoms with E-state index < -0.39 is 74.3 Å². The van der Waals surface area contributed by atoms with Crippen LogP contribution >= 0.6 is 0 Å². The highest BCUT2D eigenvalue weighted by molar-refractivity contribution is 5.72. The van der Waals surface area contributed by atoms with Crippen molar-refractivity contribution in [1.29, 1.82) is 0 Å². The first kappa shape index (κ1) is 30.1. The Kier molecular flexibility index (Phi) is 9.62. The first-order chi connectivity index (χ1) is 19.0. The van der Waals surface area contributed by atoms with Crippen molar-refractivity contribution in [2.75, 3.05) is 13.2 Å². The van der Waals surface area contributed by atoms with E-state index in [-0.39, 0.29) is 0 Å². The van der Waals surface area contributed by atoms with Gasteiger partial charge in [0, 0.05) is 11.1 Å². The van der Waals surface area contributed by atoms with Gasteiger partial charge >= 0.3 is 0 Å². The molecule has 8 N–H and O–H groups in total. The average Bonchev–Trinajstić information content (AvgIpc) is 2.94. The molecule has 0 amide bonds. The molecular weight excluding hydrogens is 520 g/mol. The fourth-order valence-electron chi connectivity index (χ4n) is 4.84. The van der Waals surface area contributed by atoms with E-state index in [0.717, 1.165) is 22.3 Å². The second-order valence-corrected chi connectivity index (χ2v) is 10.1. The fourth-order valence-corrected chi connectivity index (χ4v) is 4.84. The third-order valence-electron chi connectivity index (χ3n) is 7.25. The molecule has 0 aromatic heterocycles. The highest BCUT2D eigenvalue weighted by Gasteiger charge is 2.43. The summed E-state index contributed by atoms with van der Waals surface area (Å²) in [5, 5.41) is 78.8. The summed E-state index contributed by atoms with van der Waals surface area (Å²) < 4.78 is 10.9. The Balaban J connectivity index is 1.50. The van der Waals surface area contributed by atoms with Gasteiger partial charge in [-0.05, 0) is 60.4 Å². The number of aliphatic hydroxyl groups excluding tert-OH is 8. The molecule has 0 spiro atoms. The monoisotopic (exact) mass is 554 g/mol. The van der Waals surface area contributed by atoms with Crippen LogP contribution in [-0.2, 0) is 9.47 Å². The molecule has 214 valence electrons. The van der Waals surface area contributed by atoms with Gasteiger partial charge in [0.05, 0.1) is 13.2 Å². The first-order valence-electron chi connectivity index (χ1n) is 12.9. The van der Waals surface area contributed by atoms with E-state index in [2.05, 4.69) is 23.7 Å². The number of ether oxygens (including phenoxy) is 2. The molecule has 2 aliphatic rings. The summed E-state index contributed by atoms with van der Waals surface area (Å²) in [7, 11) is 0. The molecule has 2 aliphatic heterocycles. The van der Waals surface area contributed by atoms with Crippen molar-refractivity contribution >= 4 is 0 Å². The molecule has 10 heteroatoms. The molecule has 2 aromatic rings. The van der Waals surface area contributed by atoms with Crippen LogP contribution in [0.1, 0.15) is 22.3 Å². The molecule has 2 aromatic carbocycles. The third kappa shape index (κ3) is 6.23. The van der Waals surface area contributed by atoms with Gasteiger partial charge in [-0.1, -0.05) is 35.8 Å². The lowest BCUT2D eigenvalue weighted by Crippen LogP contribution is -2.58. The van der Waals surface area contributed by atoms with Gasteiger partial charge in [0.15, 0.2) is 0 Å². The highest BCUT2D eigenvalue weighted by atomic mass is 16.5. The minimum atomic E-state index is -1.48. The van der Waals surface area contributed by atoms with E-state index in [1.165, 1.54) is 0 Å². The maximum Gasteiger partial charge on any atom is 0.147 e. The van der Waals surface area contributed by atoms with Crippen molar-refractivity contribution in [2.45, 2.75) is 74.9 Å². The predicted octanol–water partition coefficient (Wildman–Crippen LogP) is -1.64. The molecule has 4 rings (SSSR count). The minimum Gasteiger partial charge on any atom is -0.394 e. The SMILES string of the molecule is Cc1cc(C#C[C@H]2O[C@H](CO)[C@@H](O)[C@H](O)C2O)ccc1-c1ccc(C#C[C@H]2O[C@H](CO)[C@@H](O)C(O)[C@@H]2O)cc1C. The zero-order valence-electron chi connectivity index (χ0n) is 22.0. The van der Waals surface area contributed by atoms with Gasteiger partial charge in [0.1, 0.15) is 61.0 Å². The Morgan fingerprint density at radius 3 is 1.27 bits per heavy atom. The van der Waals surface area contributed by atoms with Crippen LogP contribution in [0, 0.1) is 37.5 Å². The molecule has 2 unspecified atom stereocenters. The average molecular weight is 555 g/mol. The van der Waals surface area contributed by atoms with E-state index in [0.29, 0.717) is 11.1 Å². The summed E-state index contributed by atoms with van der Waals surface area (Å²) >= 11 is 0. The summed E-state index contributed by atoms with van der Waals surface area (Å²) in [5.41, 5.74) is 5.09. The lowest BCUT2D eigenvalue weighted by Gasteiger charge is -2.37. The van der Waals surface area contributed by atoms with Gasteiger partial charge in [0.2, 0.25) is 0 Å². The van der Waals surface area contributed by atoms with Crippen LogP contribution in [0.2, 0.25) is 0 Å². The lowest BCUT2D eigenvalue weighted by molar-refractivity contribution is -0.214. The number of hydrogen-bond donors (Lipinski definition) is 8. The van der Waals surface area contributed by atoms with Crippen molar-refractivity contribution < 1.29 is 50.3 Å². The number of rotatable bonds is 3. The van der Waals surface area contributed by atoms with Crippen molar-refractivity contribution in [1.82, 2.24) is 0 Å². The van der Waals surface area contributed by atoms with Gasteiger partial charge in [-0.2, -0.15) is 0 Å². The van der Waals surface area contributed by atoms with Gasteiger partial charge in [-0.15, -0.1) is 0 Å². The van der Waals surface area contributed by atoms with E-state index >= 15 is 0 Å². The summed E-state index contributed by atoms with van der Waals surface area (Å²) in [6, 6.07) is 11.2. The van der Waals surface area contributed by atoms with E-state index in [4.69, 9.17) is 9.47 Å². The molecule has 10 nitrogen and oxygen atoms in total. The molecular formula is C30H34O10. The number of aliphatic hydroxyl groups is 8. The smallest absolute Gasteiger partial charge is 0.147 e. The van der Waals surface area contributed by atoms with E-state index in [1.54, 1.807) is 0 Å². The van der Waals surface area contributed by atoms with Crippen molar-refractivity contribution in [3.63, 3.8) is 0 Å². The molecule has 40 heavy (non-hydrogen) atoms. The topological polar surface area (TPSA) is 180 Å². The molecule has 2 fully saturated rings. The van der Waals surface area contributed by atoms with E-state index in [1.807, 2.05) is 50.2 Å². The van der Waals surface area contributed by atoms with Crippen LogP contribution in [0.15, 0.2) is 36.4 Å². The van der Waals surface area contributed by atoms with Gasteiger partial charge < -0.3 is 50.3 Å². The molecule has 10 atom stereocenters. The summed E-state index contributed by atoms with van der Waals surface area (Å²) in [4.78, 5) is 0. The normalized spacial score (nSPS) is 33.9. The Morgan fingerprint density at radius 1 is 0.575 bits per heavy atom. The molecule has 0 radical (unpaired) electrons. The zero-order valence-corrected chi connectivity index (χ0v) is 22.0. The predicted molar refractivity (Wildman–Crippen MR) is 143 cm³/mol. The fraction of sp³-hybridized carbons (Fsp3) is 0.467. The maximum absolute atomic E-state index is 10.2. The number of hydrogen-bond acceptors (Lipinski definition) is 10. The van der Waals surface area contributed by atoms with Crippen LogP contribution < -0.4 is 0 Å². The van der Waals surface area contributed by atoms with Gasteiger partial charge in [0.25, 0.3) is 0 Å². The second-order valence-electron chi connectivity index (χ2n) is 10.1. The van der Waals surface area contributed by atoms with Crippen LogP contribution in [0.4, 0.5) is 0 Å². The lowest BCUT2D eigenvalue weighted by atomic mass is 9.93. The summed E-state index contributed by atoms with van der Waals surface area (Å²) in [5.74, 6) is 11.4. The Bertz CT molecular complexity index is 1220. The molecule has 0 saturated carbocycles. The molecule has 0 aliphatic carbocycles. The molecule has 2 saturated heterocycles. The first-order valence-corrected chi connectivity index (χ1v) is 12.9. The maximum atomic E-state index is 10.2. The Morgan fingerprint density at radius 2 is 0.950 bits per heavy atom. The van der Waals surface area contributed by atoms with Gasteiger partial charge in [-0.25, -0.2) is 0 Å². The molecule has 0 bridgehead atoms. The largest absolute Gasteiger partial charge is 0.394 e. The van der Waals surface area contributed by atoms with Crippen molar-refractivity contribution in [3.8, 4) is 34.8 Å². The third-order valence-corrected chi connectivity index (χ3v) is 7.25. The van der Waals surface area contributed by atoms with Crippen LogP contribution in [0.3, 0.4) is 0 Å². The second kappa shape index (κ2) is 12.8. The van der Waals surface area contributed by atoms with Crippen LogP contribution in [0.5, 0.6) is 0 Å². The Hall–Kier alpha value is -2.84. The number of aryl methyl sites for hydroxylation is 2. The molecule has 2 heterocycles. The summed E-state index contributed by atoms with van der Waals surface area (Å²) in [6.07, 6.45) is -12.9. The van der Waals surface area contributed by atoms with Crippen LogP contribution in [0.25, 0.3) is 11.1 Å². The minimum absolute atomic E-state index is 0.519. The van der Waals surface area contributed by atoms with Crippen molar-refractivity contribution in [3.05, 3.63) is 58.7 Å².